The molecule has 0 aliphatic carbocycles. The number of rotatable bonds is 7. The molecule has 0 spiro atoms. The summed E-state index contributed by atoms with van der Waals surface area (Å²) in [4.78, 5) is 0. The summed E-state index contributed by atoms with van der Waals surface area (Å²) >= 11 is 0. The number of hydrogen-bond acceptors (Lipinski definition) is 4. The van der Waals surface area contributed by atoms with E-state index in [-0.39, 0.29) is 6.04 Å². The van der Waals surface area contributed by atoms with Crippen molar-refractivity contribution in [1.29, 1.82) is 0 Å². The van der Waals surface area contributed by atoms with Gasteiger partial charge in [-0.15, -0.1) is 0 Å². The van der Waals surface area contributed by atoms with Crippen LogP contribution in [0.15, 0.2) is 18.2 Å². The zero-order valence-electron chi connectivity index (χ0n) is 11.7. The number of ether oxygens (including phenoxy) is 2. The summed E-state index contributed by atoms with van der Waals surface area (Å²) in [5.74, 6) is 7.79. The van der Waals surface area contributed by atoms with E-state index in [9.17, 15) is 0 Å². The minimum atomic E-state index is 0.0648. The van der Waals surface area contributed by atoms with E-state index in [1.54, 1.807) is 14.2 Å². The molecule has 4 heteroatoms. The first kappa shape index (κ1) is 14.8. The van der Waals surface area contributed by atoms with E-state index in [2.05, 4.69) is 19.3 Å². The van der Waals surface area contributed by atoms with Crippen LogP contribution in [0.4, 0.5) is 0 Å². The van der Waals surface area contributed by atoms with Crippen LogP contribution in [0, 0.1) is 5.92 Å². The summed E-state index contributed by atoms with van der Waals surface area (Å²) in [7, 11) is 3.33. The lowest BCUT2D eigenvalue weighted by Crippen LogP contribution is -2.32. The van der Waals surface area contributed by atoms with Crippen molar-refractivity contribution in [2.24, 2.45) is 11.8 Å². The van der Waals surface area contributed by atoms with Gasteiger partial charge < -0.3 is 9.47 Å². The molecule has 0 aromatic heterocycles. The van der Waals surface area contributed by atoms with E-state index in [1.807, 2.05) is 18.2 Å². The Morgan fingerprint density at radius 1 is 1.28 bits per heavy atom. The van der Waals surface area contributed by atoms with Crippen molar-refractivity contribution in [3.63, 3.8) is 0 Å². The van der Waals surface area contributed by atoms with Gasteiger partial charge in [-0.1, -0.05) is 20.3 Å². The molecule has 1 aromatic rings. The molecule has 2 unspecified atom stereocenters. The molecular formula is C14H24N2O2. The van der Waals surface area contributed by atoms with Crippen LogP contribution in [0.1, 0.15) is 38.3 Å². The smallest absolute Gasteiger partial charge is 0.123 e. The van der Waals surface area contributed by atoms with Gasteiger partial charge in [-0.05, 0) is 30.5 Å². The molecule has 3 N–H and O–H groups in total. The van der Waals surface area contributed by atoms with Crippen molar-refractivity contribution in [2.45, 2.75) is 32.7 Å². The second-order valence-corrected chi connectivity index (χ2v) is 4.52. The fourth-order valence-electron chi connectivity index (χ4n) is 2.27. The van der Waals surface area contributed by atoms with Crippen LogP contribution < -0.4 is 20.7 Å². The molecule has 0 aliphatic rings. The minimum Gasteiger partial charge on any atom is -0.497 e. The highest BCUT2D eigenvalue weighted by atomic mass is 16.5. The van der Waals surface area contributed by atoms with E-state index in [1.165, 1.54) is 0 Å². The molecule has 1 rings (SSSR count). The summed E-state index contributed by atoms with van der Waals surface area (Å²) in [5, 5.41) is 0. The number of nitrogens with two attached hydrogens (primary N) is 1. The molecule has 0 bridgehead atoms. The Morgan fingerprint density at radius 2 is 2.00 bits per heavy atom. The lowest BCUT2D eigenvalue weighted by atomic mass is 9.91. The van der Waals surface area contributed by atoms with Crippen molar-refractivity contribution in [3.8, 4) is 11.5 Å². The van der Waals surface area contributed by atoms with Crippen LogP contribution in [-0.4, -0.2) is 14.2 Å². The highest BCUT2D eigenvalue weighted by Gasteiger charge is 2.21. The molecule has 0 heterocycles. The summed E-state index contributed by atoms with van der Waals surface area (Å²) in [6, 6.07) is 5.85. The van der Waals surface area contributed by atoms with Gasteiger partial charge in [0.2, 0.25) is 0 Å². The standard InChI is InChI=1S/C14H24N2O2/c1-5-6-10(2)14(16-15)12-9-11(17-3)7-8-13(12)18-4/h7-10,14,16H,5-6,15H2,1-4H3. The highest BCUT2D eigenvalue weighted by molar-refractivity contribution is 5.42. The second kappa shape index (κ2) is 7.24. The topological polar surface area (TPSA) is 56.5 Å². The molecule has 102 valence electrons. The third kappa shape index (κ3) is 3.37. The van der Waals surface area contributed by atoms with Gasteiger partial charge >= 0.3 is 0 Å². The predicted octanol–water partition coefficient (Wildman–Crippen LogP) is 2.64. The summed E-state index contributed by atoms with van der Waals surface area (Å²) in [5.41, 5.74) is 3.94. The van der Waals surface area contributed by atoms with Crippen molar-refractivity contribution < 1.29 is 9.47 Å². The van der Waals surface area contributed by atoms with Crippen molar-refractivity contribution in [1.82, 2.24) is 5.43 Å². The van der Waals surface area contributed by atoms with Crippen LogP contribution >= 0.6 is 0 Å². The Kier molecular flexibility index (Phi) is 5.95. The zero-order valence-corrected chi connectivity index (χ0v) is 11.7. The maximum atomic E-state index is 5.70. The molecule has 1 aromatic carbocycles. The van der Waals surface area contributed by atoms with E-state index in [0.29, 0.717) is 5.92 Å². The van der Waals surface area contributed by atoms with E-state index < -0.39 is 0 Å². The van der Waals surface area contributed by atoms with Gasteiger partial charge in [-0.2, -0.15) is 0 Å². The number of methoxy groups -OCH3 is 2. The van der Waals surface area contributed by atoms with Gasteiger partial charge in [0.1, 0.15) is 11.5 Å². The number of nitrogens with one attached hydrogen (secondary N) is 1. The quantitative estimate of drug-likeness (QED) is 0.578. The molecule has 0 aliphatic heterocycles. The summed E-state index contributed by atoms with van der Waals surface area (Å²) < 4.78 is 10.7. The average Bonchev–Trinajstić information content (AvgIpc) is 2.39. The first-order chi connectivity index (χ1) is 8.67. The van der Waals surface area contributed by atoms with E-state index in [0.717, 1.165) is 29.9 Å². The SMILES string of the molecule is CCCC(C)C(NN)c1cc(OC)ccc1OC. The lowest BCUT2D eigenvalue weighted by Gasteiger charge is -2.25. The molecule has 0 saturated carbocycles. The van der Waals surface area contributed by atoms with Gasteiger partial charge in [0.05, 0.1) is 20.3 Å². The Bertz CT molecular complexity index is 369. The molecule has 2 atom stereocenters. The van der Waals surface area contributed by atoms with Crippen LogP contribution in [-0.2, 0) is 0 Å². The third-order valence-electron chi connectivity index (χ3n) is 3.26. The van der Waals surface area contributed by atoms with Gasteiger partial charge in [-0.25, -0.2) is 0 Å². The van der Waals surface area contributed by atoms with Gasteiger partial charge in [-0.3, -0.25) is 11.3 Å². The maximum absolute atomic E-state index is 5.70. The molecule has 4 nitrogen and oxygen atoms in total. The Balaban J connectivity index is 3.09. The fourth-order valence-corrected chi connectivity index (χ4v) is 2.27. The minimum absolute atomic E-state index is 0.0648. The predicted molar refractivity (Wildman–Crippen MR) is 73.7 cm³/mol. The monoisotopic (exact) mass is 252 g/mol. The molecule has 0 amide bonds. The zero-order chi connectivity index (χ0) is 13.5. The van der Waals surface area contributed by atoms with Crippen LogP contribution in [0.5, 0.6) is 11.5 Å². The molecular weight excluding hydrogens is 228 g/mol. The number of benzene rings is 1. The average molecular weight is 252 g/mol. The Labute approximate surface area is 109 Å². The van der Waals surface area contributed by atoms with Crippen LogP contribution in [0.25, 0.3) is 0 Å². The van der Waals surface area contributed by atoms with Crippen molar-refractivity contribution >= 4 is 0 Å². The normalized spacial score (nSPS) is 14.1. The van der Waals surface area contributed by atoms with Gasteiger partial charge in [0.25, 0.3) is 0 Å². The molecule has 0 saturated heterocycles. The maximum Gasteiger partial charge on any atom is 0.123 e. The summed E-state index contributed by atoms with van der Waals surface area (Å²) in [6.07, 6.45) is 2.24. The van der Waals surface area contributed by atoms with Gasteiger partial charge in [0, 0.05) is 5.56 Å². The summed E-state index contributed by atoms with van der Waals surface area (Å²) in [6.45, 7) is 4.36. The van der Waals surface area contributed by atoms with E-state index >= 15 is 0 Å². The molecule has 18 heavy (non-hydrogen) atoms. The highest BCUT2D eigenvalue weighted by Crippen LogP contribution is 2.34. The van der Waals surface area contributed by atoms with E-state index in [4.69, 9.17) is 15.3 Å². The Hall–Kier alpha value is -1.26. The first-order valence-corrected chi connectivity index (χ1v) is 6.35. The largest absolute Gasteiger partial charge is 0.497 e. The fraction of sp³-hybridized carbons (Fsp3) is 0.571. The lowest BCUT2D eigenvalue weighted by molar-refractivity contribution is 0.342. The molecule has 0 fully saturated rings. The van der Waals surface area contributed by atoms with Gasteiger partial charge in [0.15, 0.2) is 0 Å². The van der Waals surface area contributed by atoms with Crippen molar-refractivity contribution in [3.05, 3.63) is 23.8 Å². The first-order valence-electron chi connectivity index (χ1n) is 6.35. The van der Waals surface area contributed by atoms with Crippen LogP contribution in [0.2, 0.25) is 0 Å². The number of hydrogen-bond donors (Lipinski definition) is 2. The Morgan fingerprint density at radius 3 is 2.50 bits per heavy atom. The van der Waals surface area contributed by atoms with Crippen molar-refractivity contribution in [2.75, 3.05) is 14.2 Å². The molecule has 0 radical (unpaired) electrons. The van der Waals surface area contributed by atoms with Crippen LogP contribution in [0.3, 0.4) is 0 Å². The third-order valence-corrected chi connectivity index (χ3v) is 3.26. The second-order valence-electron chi connectivity index (χ2n) is 4.52. The number of hydrazine groups is 1.